The number of aryl methyl sites for hydroxylation is 1. The smallest absolute Gasteiger partial charge is 0.225 e. The third-order valence-electron chi connectivity index (χ3n) is 5.26. The van der Waals surface area contributed by atoms with Gasteiger partial charge in [0, 0.05) is 38.8 Å². The first kappa shape index (κ1) is 17.4. The van der Waals surface area contributed by atoms with Gasteiger partial charge in [-0.15, -0.1) is 0 Å². The number of rotatable bonds is 6. The van der Waals surface area contributed by atoms with Gasteiger partial charge in [-0.3, -0.25) is 9.48 Å². The highest BCUT2D eigenvalue weighted by Gasteiger charge is 2.34. The largest absolute Gasteiger partial charge is 0.376 e. The monoisotopic (exact) mass is 334 g/mol. The van der Waals surface area contributed by atoms with Crippen LogP contribution in [-0.2, 0) is 16.6 Å². The van der Waals surface area contributed by atoms with Gasteiger partial charge in [-0.05, 0) is 18.4 Å². The molecule has 0 spiro atoms. The average molecular weight is 334 g/mol. The molecule has 24 heavy (non-hydrogen) atoms. The van der Waals surface area contributed by atoms with E-state index >= 15 is 0 Å². The fourth-order valence-corrected chi connectivity index (χ4v) is 3.88. The summed E-state index contributed by atoms with van der Waals surface area (Å²) >= 11 is 0. The molecule has 1 aromatic rings. The van der Waals surface area contributed by atoms with E-state index in [9.17, 15) is 4.79 Å². The standard InChI is InChI=1S/C18H30N4O2/c1-22-13-14(10-21-22)16-11-19-12-17(16)18(23)20-8-9-24-15-6-4-2-3-5-7-15/h10,13,15-17,19H,2-9,11-12H2,1H3,(H,20,23)/t16-,17+/m1/s1. The number of ether oxygens (including phenoxy) is 1. The Hall–Kier alpha value is -1.40. The molecule has 1 aromatic heterocycles. The molecule has 2 N–H and O–H groups in total. The van der Waals surface area contributed by atoms with Crippen molar-refractivity contribution in [2.75, 3.05) is 26.2 Å². The molecule has 2 atom stereocenters. The number of carbonyl (C=O) groups excluding carboxylic acids is 1. The van der Waals surface area contributed by atoms with Gasteiger partial charge in [-0.1, -0.05) is 25.7 Å². The van der Waals surface area contributed by atoms with Crippen molar-refractivity contribution in [3.05, 3.63) is 18.0 Å². The molecule has 134 valence electrons. The van der Waals surface area contributed by atoms with Crippen LogP contribution < -0.4 is 10.6 Å². The SMILES string of the molecule is Cn1cc([C@H]2CNC[C@@H]2C(=O)NCCOC2CCCCCC2)cn1. The van der Waals surface area contributed by atoms with Crippen molar-refractivity contribution in [3.63, 3.8) is 0 Å². The zero-order valence-corrected chi connectivity index (χ0v) is 14.7. The molecular formula is C18H30N4O2. The van der Waals surface area contributed by atoms with Crippen LogP contribution in [0.25, 0.3) is 0 Å². The Labute approximate surface area is 144 Å². The molecule has 2 heterocycles. The second-order valence-corrected chi connectivity index (χ2v) is 7.09. The number of nitrogens with one attached hydrogen (secondary N) is 2. The van der Waals surface area contributed by atoms with E-state index in [0.29, 0.717) is 19.3 Å². The Morgan fingerprint density at radius 3 is 2.83 bits per heavy atom. The lowest BCUT2D eigenvalue weighted by molar-refractivity contribution is -0.125. The minimum atomic E-state index is -0.0212. The maximum Gasteiger partial charge on any atom is 0.225 e. The highest BCUT2D eigenvalue weighted by atomic mass is 16.5. The molecule has 1 aliphatic heterocycles. The van der Waals surface area contributed by atoms with Gasteiger partial charge in [0.2, 0.25) is 5.91 Å². The molecule has 3 rings (SSSR count). The van der Waals surface area contributed by atoms with E-state index in [1.54, 1.807) is 4.68 Å². The van der Waals surface area contributed by atoms with Crippen molar-refractivity contribution < 1.29 is 9.53 Å². The van der Waals surface area contributed by atoms with Crippen molar-refractivity contribution in [2.24, 2.45) is 13.0 Å². The lowest BCUT2D eigenvalue weighted by atomic mass is 9.90. The number of hydrogen-bond donors (Lipinski definition) is 2. The van der Waals surface area contributed by atoms with Gasteiger partial charge in [0.15, 0.2) is 0 Å². The van der Waals surface area contributed by atoms with Crippen molar-refractivity contribution in [3.8, 4) is 0 Å². The van der Waals surface area contributed by atoms with Gasteiger partial charge in [-0.25, -0.2) is 0 Å². The first-order chi connectivity index (χ1) is 11.7. The van der Waals surface area contributed by atoms with Gasteiger partial charge in [0.05, 0.1) is 24.8 Å². The van der Waals surface area contributed by atoms with E-state index in [1.807, 2.05) is 19.4 Å². The molecule has 6 nitrogen and oxygen atoms in total. The predicted octanol–water partition coefficient (Wildman–Crippen LogP) is 1.58. The zero-order chi connectivity index (χ0) is 16.8. The summed E-state index contributed by atoms with van der Waals surface area (Å²) in [4.78, 5) is 12.5. The number of aromatic nitrogens is 2. The maximum atomic E-state index is 12.5. The Morgan fingerprint density at radius 1 is 1.33 bits per heavy atom. The van der Waals surface area contributed by atoms with Gasteiger partial charge in [0.1, 0.15) is 0 Å². The lowest BCUT2D eigenvalue weighted by Crippen LogP contribution is -2.36. The first-order valence-corrected chi connectivity index (χ1v) is 9.32. The van der Waals surface area contributed by atoms with Gasteiger partial charge in [-0.2, -0.15) is 5.10 Å². The Bertz CT molecular complexity index is 523. The number of amides is 1. The van der Waals surface area contributed by atoms with Crippen LogP contribution in [0.4, 0.5) is 0 Å². The lowest BCUT2D eigenvalue weighted by Gasteiger charge is -2.18. The molecule has 0 unspecified atom stereocenters. The third kappa shape index (κ3) is 4.57. The van der Waals surface area contributed by atoms with Crippen LogP contribution in [0.5, 0.6) is 0 Å². The van der Waals surface area contributed by atoms with E-state index in [0.717, 1.165) is 18.7 Å². The van der Waals surface area contributed by atoms with Gasteiger partial charge >= 0.3 is 0 Å². The molecule has 2 fully saturated rings. The van der Waals surface area contributed by atoms with Crippen LogP contribution in [0.3, 0.4) is 0 Å². The summed E-state index contributed by atoms with van der Waals surface area (Å²) in [5, 5.41) is 10.6. The molecule has 2 aliphatic rings. The molecule has 1 saturated heterocycles. The van der Waals surface area contributed by atoms with Crippen molar-refractivity contribution in [2.45, 2.75) is 50.5 Å². The minimum Gasteiger partial charge on any atom is -0.376 e. The minimum absolute atomic E-state index is 0.0212. The third-order valence-corrected chi connectivity index (χ3v) is 5.26. The number of nitrogens with zero attached hydrogens (tertiary/aromatic N) is 2. The first-order valence-electron chi connectivity index (χ1n) is 9.32. The fourth-order valence-electron chi connectivity index (χ4n) is 3.88. The van der Waals surface area contributed by atoms with Crippen LogP contribution in [0.2, 0.25) is 0 Å². The second kappa shape index (κ2) is 8.62. The highest BCUT2D eigenvalue weighted by molar-refractivity contribution is 5.80. The molecule has 1 aliphatic carbocycles. The van der Waals surface area contributed by atoms with Crippen LogP contribution in [0.1, 0.15) is 50.0 Å². The summed E-state index contributed by atoms with van der Waals surface area (Å²) in [5.41, 5.74) is 1.14. The summed E-state index contributed by atoms with van der Waals surface area (Å²) in [6.07, 6.45) is 11.8. The summed E-state index contributed by atoms with van der Waals surface area (Å²) in [6, 6.07) is 0. The normalized spacial score (nSPS) is 25.5. The summed E-state index contributed by atoms with van der Waals surface area (Å²) in [5.74, 6) is 0.312. The van der Waals surface area contributed by atoms with E-state index < -0.39 is 0 Å². The summed E-state index contributed by atoms with van der Waals surface area (Å²) in [7, 11) is 1.91. The predicted molar refractivity (Wildman–Crippen MR) is 92.8 cm³/mol. The molecular weight excluding hydrogens is 304 g/mol. The molecule has 0 bridgehead atoms. The molecule has 1 saturated carbocycles. The zero-order valence-electron chi connectivity index (χ0n) is 14.7. The average Bonchev–Trinajstić information content (AvgIpc) is 3.14. The van der Waals surface area contributed by atoms with Crippen molar-refractivity contribution >= 4 is 5.91 Å². The second-order valence-electron chi connectivity index (χ2n) is 7.09. The number of carbonyl (C=O) groups is 1. The van der Waals surface area contributed by atoms with Crippen LogP contribution >= 0.6 is 0 Å². The van der Waals surface area contributed by atoms with Crippen LogP contribution in [0, 0.1) is 5.92 Å². The van der Waals surface area contributed by atoms with Gasteiger partial charge in [0.25, 0.3) is 0 Å². The van der Waals surface area contributed by atoms with Crippen LogP contribution in [0.15, 0.2) is 12.4 Å². The van der Waals surface area contributed by atoms with Crippen molar-refractivity contribution in [1.29, 1.82) is 0 Å². The van der Waals surface area contributed by atoms with E-state index in [2.05, 4.69) is 15.7 Å². The molecule has 6 heteroatoms. The summed E-state index contributed by atoms with van der Waals surface area (Å²) in [6.45, 7) is 2.79. The van der Waals surface area contributed by atoms with E-state index in [-0.39, 0.29) is 17.7 Å². The quantitative estimate of drug-likeness (QED) is 0.612. The van der Waals surface area contributed by atoms with Gasteiger partial charge < -0.3 is 15.4 Å². The molecule has 0 radical (unpaired) electrons. The number of hydrogen-bond acceptors (Lipinski definition) is 4. The van der Waals surface area contributed by atoms with E-state index in [4.69, 9.17) is 4.74 Å². The summed E-state index contributed by atoms with van der Waals surface area (Å²) < 4.78 is 7.74. The van der Waals surface area contributed by atoms with Crippen LogP contribution in [-0.4, -0.2) is 48.0 Å². The topological polar surface area (TPSA) is 68.2 Å². The molecule has 1 amide bonds. The Balaban J connectivity index is 1.41. The highest BCUT2D eigenvalue weighted by Crippen LogP contribution is 2.27. The van der Waals surface area contributed by atoms with Crippen molar-refractivity contribution in [1.82, 2.24) is 20.4 Å². The fraction of sp³-hybridized carbons (Fsp3) is 0.778. The molecule has 0 aromatic carbocycles. The Kier molecular flexibility index (Phi) is 6.26. The van der Waals surface area contributed by atoms with E-state index in [1.165, 1.54) is 38.5 Å². The maximum absolute atomic E-state index is 12.5. The Morgan fingerprint density at radius 2 is 2.12 bits per heavy atom.